The maximum Gasteiger partial charge on any atom is 0.333 e. The molecule has 1 amide bonds. The Morgan fingerprint density at radius 1 is 1.11 bits per heavy atom. The normalized spacial score (nSPS) is 12.9. The minimum absolute atomic E-state index is 0.277. The van der Waals surface area contributed by atoms with E-state index in [1.54, 1.807) is 32.0 Å². The second-order valence-corrected chi connectivity index (χ2v) is 10.4. The number of aliphatic carboxylic acids is 1. The third-order valence-electron chi connectivity index (χ3n) is 5.72. The number of hydrogen-bond acceptors (Lipinski definition) is 6. The highest BCUT2D eigenvalue weighted by Crippen LogP contribution is 2.33. The largest absolute Gasteiger partial charge is 0.479 e. The van der Waals surface area contributed by atoms with Gasteiger partial charge in [-0.25, -0.2) is 9.78 Å². The highest BCUT2D eigenvalue weighted by Gasteiger charge is 2.34. The van der Waals surface area contributed by atoms with Gasteiger partial charge in [-0.1, -0.05) is 54.1 Å². The molecule has 0 radical (unpaired) electrons. The number of carbonyl (C=O) groups excluding carboxylic acids is 1. The van der Waals surface area contributed by atoms with Crippen LogP contribution < -0.4 is 5.32 Å². The van der Waals surface area contributed by atoms with E-state index in [1.165, 1.54) is 17.6 Å². The summed E-state index contributed by atoms with van der Waals surface area (Å²) in [5.74, 6) is -1.47. The smallest absolute Gasteiger partial charge is 0.333 e. The molecule has 2 aromatic carbocycles. The van der Waals surface area contributed by atoms with Crippen LogP contribution in [0.1, 0.15) is 52.0 Å². The Bertz CT molecular complexity index is 1370. The predicted molar refractivity (Wildman–Crippen MR) is 143 cm³/mol. The predicted octanol–water partition coefficient (Wildman–Crippen LogP) is 6.31. The van der Waals surface area contributed by atoms with Gasteiger partial charge in [0, 0.05) is 17.0 Å². The Morgan fingerprint density at radius 3 is 2.46 bits per heavy atom. The van der Waals surface area contributed by atoms with Gasteiger partial charge in [-0.2, -0.15) is 0 Å². The van der Waals surface area contributed by atoms with E-state index in [9.17, 15) is 14.7 Å². The zero-order chi connectivity index (χ0) is 26.5. The molecule has 2 aromatic heterocycles. The Morgan fingerprint density at radius 2 is 1.84 bits per heavy atom. The fourth-order valence-electron chi connectivity index (χ4n) is 3.99. The highest BCUT2D eigenvalue weighted by molar-refractivity contribution is 7.15. The zero-order valence-electron chi connectivity index (χ0n) is 20.6. The van der Waals surface area contributed by atoms with Gasteiger partial charge >= 0.3 is 5.97 Å². The summed E-state index contributed by atoms with van der Waals surface area (Å²) in [6, 6.07) is 18.2. The van der Waals surface area contributed by atoms with Crippen molar-refractivity contribution in [1.82, 2.24) is 10.3 Å². The van der Waals surface area contributed by atoms with Crippen LogP contribution in [0.2, 0.25) is 5.02 Å². The molecule has 192 valence electrons. The summed E-state index contributed by atoms with van der Waals surface area (Å²) in [5, 5.41) is 14.0. The molecule has 37 heavy (non-hydrogen) atoms. The number of halogens is 1. The number of thiazole rings is 1. The molecule has 9 heteroatoms. The first-order valence-corrected chi connectivity index (χ1v) is 12.9. The summed E-state index contributed by atoms with van der Waals surface area (Å²) in [4.78, 5) is 30.2. The summed E-state index contributed by atoms with van der Waals surface area (Å²) >= 11 is 7.71. The lowest BCUT2D eigenvalue weighted by atomic mass is 9.90. The van der Waals surface area contributed by atoms with Gasteiger partial charge in [0.05, 0.1) is 23.3 Å². The number of carboxylic acids is 1. The molecule has 2 atom stereocenters. The van der Waals surface area contributed by atoms with Crippen LogP contribution in [0.25, 0.3) is 10.6 Å². The summed E-state index contributed by atoms with van der Waals surface area (Å²) in [7, 11) is 0. The molecule has 0 fully saturated rings. The number of rotatable bonds is 10. The second kappa shape index (κ2) is 11.7. The molecule has 4 aromatic rings. The van der Waals surface area contributed by atoms with Crippen molar-refractivity contribution in [2.45, 2.75) is 45.4 Å². The van der Waals surface area contributed by atoms with Crippen molar-refractivity contribution in [1.29, 1.82) is 0 Å². The average Bonchev–Trinajstić information content (AvgIpc) is 3.53. The van der Waals surface area contributed by atoms with E-state index in [-0.39, 0.29) is 18.6 Å². The lowest BCUT2D eigenvalue weighted by Gasteiger charge is -2.25. The summed E-state index contributed by atoms with van der Waals surface area (Å²) < 4.78 is 11.3. The van der Waals surface area contributed by atoms with Crippen molar-refractivity contribution < 1.29 is 23.8 Å². The molecular weight excluding hydrogens is 512 g/mol. The molecule has 4 rings (SSSR count). The minimum atomic E-state index is -1.11. The second-order valence-electron chi connectivity index (χ2n) is 8.76. The molecule has 2 heterocycles. The van der Waals surface area contributed by atoms with E-state index >= 15 is 0 Å². The molecule has 2 N–H and O–H groups in total. The Kier molecular flexibility index (Phi) is 8.43. The third-order valence-corrected chi connectivity index (χ3v) is 7.06. The van der Waals surface area contributed by atoms with Crippen molar-refractivity contribution in [2.24, 2.45) is 0 Å². The lowest BCUT2D eigenvalue weighted by molar-refractivity contribution is -0.154. The van der Waals surface area contributed by atoms with E-state index in [2.05, 4.69) is 10.3 Å². The van der Waals surface area contributed by atoms with Gasteiger partial charge in [-0.3, -0.25) is 4.79 Å². The van der Waals surface area contributed by atoms with Crippen LogP contribution >= 0.6 is 22.9 Å². The van der Waals surface area contributed by atoms with Crippen LogP contribution in [-0.2, 0) is 16.1 Å². The van der Waals surface area contributed by atoms with Crippen LogP contribution in [0, 0.1) is 6.92 Å². The zero-order valence-corrected chi connectivity index (χ0v) is 22.2. The van der Waals surface area contributed by atoms with Crippen molar-refractivity contribution in [2.75, 3.05) is 0 Å². The minimum Gasteiger partial charge on any atom is -0.479 e. The van der Waals surface area contributed by atoms with Gasteiger partial charge in [-0.15, -0.1) is 11.3 Å². The molecule has 2 unspecified atom stereocenters. The third kappa shape index (κ3) is 6.28. The van der Waals surface area contributed by atoms with Gasteiger partial charge in [0.2, 0.25) is 0 Å². The van der Waals surface area contributed by atoms with Crippen molar-refractivity contribution in [3.8, 4) is 10.6 Å². The molecule has 0 saturated carbocycles. The van der Waals surface area contributed by atoms with Crippen LogP contribution in [0.15, 0.2) is 71.3 Å². The first-order chi connectivity index (χ1) is 17.7. The van der Waals surface area contributed by atoms with E-state index in [4.69, 9.17) is 20.8 Å². The van der Waals surface area contributed by atoms with Gasteiger partial charge < -0.3 is 19.6 Å². The summed E-state index contributed by atoms with van der Waals surface area (Å²) in [6.07, 6.45) is 0.121. The maximum absolute atomic E-state index is 12.9. The number of aromatic nitrogens is 1. The number of nitrogens with one attached hydrogen (secondary N) is 1. The standard InChI is InChI=1S/C28H27ClN2O5S/c1-16(2)36-25(28(33)34)23(22-9-6-14-35-22)19-12-10-18(11-13-19)15-30-26(32)24-17(3)37-27(31-24)20-7-4-5-8-21(20)29/h4-14,16,23,25H,15H2,1-3H3,(H,30,32)(H,33,34). The number of aryl methyl sites for hydroxylation is 1. The lowest BCUT2D eigenvalue weighted by Crippen LogP contribution is -2.33. The van der Waals surface area contributed by atoms with Crippen molar-refractivity contribution in [3.05, 3.63) is 99.4 Å². The van der Waals surface area contributed by atoms with Crippen molar-refractivity contribution in [3.63, 3.8) is 0 Å². The first-order valence-electron chi connectivity index (χ1n) is 11.8. The van der Waals surface area contributed by atoms with Gasteiger partial charge in [-0.05, 0) is 50.1 Å². The monoisotopic (exact) mass is 538 g/mol. The number of furan rings is 1. The average molecular weight is 539 g/mol. The topological polar surface area (TPSA) is 102 Å². The molecule has 0 spiro atoms. The summed E-state index contributed by atoms with van der Waals surface area (Å²) in [6.45, 7) is 5.73. The Hall–Kier alpha value is -3.46. The number of nitrogens with zero attached hydrogens (tertiary/aromatic N) is 1. The number of ether oxygens (including phenoxy) is 1. The van der Waals surface area contributed by atoms with Crippen molar-refractivity contribution >= 4 is 34.8 Å². The van der Waals surface area contributed by atoms with E-state index in [1.807, 2.05) is 49.4 Å². The number of carboxylic acid groups (broad SMARTS) is 1. The maximum atomic E-state index is 12.9. The van der Waals surface area contributed by atoms with Gasteiger partial charge in [0.15, 0.2) is 6.10 Å². The molecular formula is C28H27ClN2O5S. The number of carbonyl (C=O) groups is 2. The fraction of sp³-hybridized carbons (Fsp3) is 0.250. The fourth-order valence-corrected chi connectivity index (χ4v) is 5.23. The van der Waals surface area contributed by atoms with E-state index in [0.717, 1.165) is 21.6 Å². The van der Waals surface area contributed by atoms with Crippen LogP contribution in [0.5, 0.6) is 0 Å². The molecule has 0 bridgehead atoms. The molecule has 0 aliphatic carbocycles. The van der Waals surface area contributed by atoms with Crippen LogP contribution in [0.3, 0.4) is 0 Å². The molecule has 0 aliphatic heterocycles. The molecule has 0 aliphatic rings. The van der Waals surface area contributed by atoms with E-state index < -0.39 is 18.0 Å². The van der Waals surface area contributed by atoms with Crippen LogP contribution in [-0.4, -0.2) is 34.2 Å². The van der Waals surface area contributed by atoms with Gasteiger partial charge in [0.1, 0.15) is 16.5 Å². The Balaban J connectivity index is 1.48. The number of benzene rings is 2. The Labute approximate surface area is 224 Å². The molecule has 7 nitrogen and oxygen atoms in total. The SMILES string of the molecule is Cc1sc(-c2ccccc2Cl)nc1C(=O)NCc1ccc(C(c2ccco2)C(OC(C)C)C(=O)O)cc1. The van der Waals surface area contributed by atoms with E-state index in [0.29, 0.717) is 21.5 Å². The number of hydrogen-bond donors (Lipinski definition) is 2. The highest BCUT2D eigenvalue weighted by atomic mass is 35.5. The molecule has 0 saturated heterocycles. The summed E-state index contributed by atoms with van der Waals surface area (Å²) in [5.41, 5.74) is 2.74. The quantitative estimate of drug-likeness (QED) is 0.245. The van der Waals surface area contributed by atoms with Crippen LogP contribution in [0.4, 0.5) is 0 Å². The number of amides is 1. The van der Waals surface area contributed by atoms with Gasteiger partial charge in [0.25, 0.3) is 5.91 Å². The first kappa shape index (κ1) is 26.6.